The average molecular weight is 448 g/mol. The third-order valence-electron chi connectivity index (χ3n) is 7.24. The van der Waals surface area contributed by atoms with E-state index in [4.69, 9.17) is 9.78 Å². The maximum atomic E-state index is 13.4. The van der Waals surface area contributed by atoms with Crippen LogP contribution >= 0.6 is 0 Å². The summed E-state index contributed by atoms with van der Waals surface area (Å²) in [5, 5.41) is 23.1. The smallest absolute Gasteiger partial charge is 0.396 e. The van der Waals surface area contributed by atoms with Crippen LogP contribution in [0, 0.1) is 36.5 Å². The Balaban J connectivity index is 1.50. The minimum absolute atomic E-state index is 0.00275. The fourth-order valence-electron chi connectivity index (χ4n) is 5.22. The van der Waals surface area contributed by atoms with Crippen molar-refractivity contribution in [2.75, 3.05) is 37.7 Å². The third kappa shape index (κ3) is 4.09. The molecule has 172 valence electrons. The summed E-state index contributed by atoms with van der Waals surface area (Å²) in [6.45, 7) is 7.39. The van der Waals surface area contributed by atoms with Gasteiger partial charge in [0.25, 0.3) is 0 Å². The number of aliphatic hydroxyl groups is 1. The van der Waals surface area contributed by atoms with Gasteiger partial charge in [0.05, 0.1) is 22.9 Å². The number of halogens is 3. The Morgan fingerprint density at radius 2 is 2.00 bits per heavy atom. The molecule has 2 aliphatic heterocycles. The molecule has 1 N–H and O–H groups in total. The molecule has 1 spiro atoms. The fourth-order valence-corrected chi connectivity index (χ4v) is 5.22. The number of likely N-dealkylation sites (tertiary alicyclic amines) is 1. The molecule has 1 atom stereocenters. The van der Waals surface area contributed by atoms with E-state index in [0.717, 1.165) is 55.6 Å². The maximum Gasteiger partial charge on any atom is 0.417 e. The number of benzene rings is 1. The van der Waals surface area contributed by atoms with Gasteiger partial charge in [0, 0.05) is 43.4 Å². The highest BCUT2D eigenvalue weighted by Gasteiger charge is 2.48. The second-order valence-electron chi connectivity index (χ2n) is 9.04. The van der Waals surface area contributed by atoms with Gasteiger partial charge in [0.15, 0.2) is 0 Å². The predicted molar refractivity (Wildman–Crippen MR) is 112 cm³/mol. The lowest BCUT2D eigenvalue weighted by Crippen LogP contribution is -2.44. The highest BCUT2D eigenvalue weighted by molar-refractivity contribution is 5.56. The number of hydrogen-bond acceptors (Lipinski definition) is 6. The Labute approximate surface area is 185 Å². The van der Waals surface area contributed by atoms with Crippen LogP contribution in [0.25, 0.3) is 0 Å². The van der Waals surface area contributed by atoms with Crippen LogP contribution in [0.15, 0.2) is 22.7 Å². The minimum atomic E-state index is -4.58. The number of aryl methyl sites for hydroxylation is 2. The molecule has 2 aliphatic rings. The van der Waals surface area contributed by atoms with Crippen molar-refractivity contribution in [3.05, 3.63) is 46.3 Å². The molecular weight excluding hydrogens is 421 g/mol. The molecule has 3 heterocycles. The monoisotopic (exact) mass is 448 g/mol. The van der Waals surface area contributed by atoms with E-state index in [-0.39, 0.29) is 23.5 Å². The SMILES string of the molecule is Cc1noc(C)c1CN1CCC2(CC1)CN(c1ccc(C#N)c(C(F)(F)F)c1)CC2CO. The zero-order valence-electron chi connectivity index (χ0n) is 18.2. The molecule has 2 aromatic rings. The van der Waals surface area contributed by atoms with Crippen LogP contribution in [0.3, 0.4) is 0 Å². The molecule has 1 unspecified atom stereocenters. The highest BCUT2D eigenvalue weighted by atomic mass is 19.4. The number of nitrogens with zero attached hydrogens (tertiary/aromatic N) is 4. The molecule has 1 aromatic heterocycles. The van der Waals surface area contributed by atoms with Crippen LogP contribution in [0.1, 0.15) is 41.0 Å². The van der Waals surface area contributed by atoms with Crippen LogP contribution in [-0.2, 0) is 12.7 Å². The molecule has 2 saturated heterocycles. The molecule has 0 saturated carbocycles. The Kier molecular flexibility index (Phi) is 5.94. The van der Waals surface area contributed by atoms with E-state index in [2.05, 4.69) is 10.1 Å². The van der Waals surface area contributed by atoms with Gasteiger partial charge < -0.3 is 14.5 Å². The van der Waals surface area contributed by atoms with E-state index in [0.29, 0.717) is 18.8 Å². The van der Waals surface area contributed by atoms with Crippen molar-refractivity contribution in [1.82, 2.24) is 10.1 Å². The fraction of sp³-hybridized carbons (Fsp3) is 0.565. The summed E-state index contributed by atoms with van der Waals surface area (Å²) in [4.78, 5) is 4.28. The van der Waals surface area contributed by atoms with Gasteiger partial charge in [-0.05, 0) is 63.4 Å². The van der Waals surface area contributed by atoms with Gasteiger partial charge in [-0.3, -0.25) is 4.90 Å². The van der Waals surface area contributed by atoms with Gasteiger partial charge in [-0.1, -0.05) is 5.16 Å². The van der Waals surface area contributed by atoms with Crippen molar-refractivity contribution >= 4 is 5.69 Å². The molecule has 9 heteroatoms. The first-order chi connectivity index (χ1) is 15.2. The first kappa shape index (κ1) is 22.6. The molecule has 1 aromatic carbocycles. The van der Waals surface area contributed by atoms with E-state index in [1.165, 1.54) is 6.07 Å². The van der Waals surface area contributed by atoms with Crippen molar-refractivity contribution < 1.29 is 22.8 Å². The summed E-state index contributed by atoms with van der Waals surface area (Å²) >= 11 is 0. The summed E-state index contributed by atoms with van der Waals surface area (Å²) in [7, 11) is 0. The number of aromatic nitrogens is 1. The number of hydrogen-bond donors (Lipinski definition) is 1. The third-order valence-corrected chi connectivity index (χ3v) is 7.24. The van der Waals surface area contributed by atoms with Crippen LogP contribution < -0.4 is 4.90 Å². The first-order valence-electron chi connectivity index (χ1n) is 10.8. The normalized spacial score (nSPS) is 21.3. The number of alkyl halides is 3. The topological polar surface area (TPSA) is 76.5 Å². The molecule has 2 fully saturated rings. The standard InChI is InChI=1S/C23H27F3N4O2/c1-15-20(16(2)32-28-15)12-29-7-5-22(6-8-29)14-30(11-18(22)13-31)19-4-3-17(10-27)21(9-19)23(24,25)26/h3-4,9,18,31H,5-8,11-14H2,1-2H3. The summed E-state index contributed by atoms with van der Waals surface area (Å²) in [5.74, 6) is 0.818. The molecule has 0 radical (unpaired) electrons. The number of nitriles is 1. The molecule has 0 bridgehead atoms. The lowest BCUT2D eigenvalue weighted by atomic mass is 9.71. The quantitative estimate of drug-likeness (QED) is 0.765. The molecule has 0 aliphatic carbocycles. The maximum absolute atomic E-state index is 13.4. The van der Waals surface area contributed by atoms with Crippen LogP contribution in [-0.4, -0.2) is 47.9 Å². The van der Waals surface area contributed by atoms with Crippen molar-refractivity contribution in [3.8, 4) is 6.07 Å². The van der Waals surface area contributed by atoms with Crippen LogP contribution in [0.5, 0.6) is 0 Å². The zero-order valence-corrected chi connectivity index (χ0v) is 18.2. The minimum Gasteiger partial charge on any atom is -0.396 e. The molecule has 32 heavy (non-hydrogen) atoms. The van der Waals surface area contributed by atoms with Crippen molar-refractivity contribution in [3.63, 3.8) is 0 Å². The van der Waals surface area contributed by atoms with E-state index < -0.39 is 11.7 Å². The van der Waals surface area contributed by atoms with Crippen molar-refractivity contribution in [2.24, 2.45) is 11.3 Å². The first-order valence-corrected chi connectivity index (χ1v) is 10.8. The van der Waals surface area contributed by atoms with Gasteiger partial charge >= 0.3 is 6.18 Å². The Morgan fingerprint density at radius 1 is 1.28 bits per heavy atom. The largest absolute Gasteiger partial charge is 0.417 e. The lowest BCUT2D eigenvalue weighted by Gasteiger charge is -2.42. The molecule has 6 nitrogen and oxygen atoms in total. The Morgan fingerprint density at radius 3 is 2.56 bits per heavy atom. The highest BCUT2D eigenvalue weighted by Crippen LogP contribution is 2.46. The van der Waals surface area contributed by atoms with Gasteiger partial charge in [0.1, 0.15) is 5.76 Å². The predicted octanol–water partition coefficient (Wildman–Crippen LogP) is 3.89. The van der Waals surface area contributed by atoms with E-state index in [1.807, 2.05) is 18.7 Å². The van der Waals surface area contributed by atoms with Crippen molar-refractivity contribution in [1.29, 1.82) is 5.26 Å². The summed E-state index contributed by atoms with van der Waals surface area (Å²) in [6, 6.07) is 5.52. The number of rotatable bonds is 4. The van der Waals surface area contributed by atoms with Gasteiger partial charge in [0.2, 0.25) is 0 Å². The number of anilines is 1. The average Bonchev–Trinajstić information content (AvgIpc) is 3.29. The second kappa shape index (κ2) is 8.41. The lowest BCUT2D eigenvalue weighted by molar-refractivity contribution is -0.137. The Hall–Kier alpha value is -2.57. The Bertz CT molecular complexity index is 1000. The second-order valence-corrected chi connectivity index (χ2v) is 9.04. The van der Waals surface area contributed by atoms with Gasteiger partial charge in [-0.2, -0.15) is 18.4 Å². The number of piperidine rings is 1. The van der Waals surface area contributed by atoms with Gasteiger partial charge in [-0.15, -0.1) is 0 Å². The van der Waals surface area contributed by atoms with Crippen LogP contribution in [0.2, 0.25) is 0 Å². The van der Waals surface area contributed by atoms with Crippen molar-refractivity contribution in [2.45, 2.75) is 39.4 Å². The zero-order chi connectivity index (χ0) is 23.1. The number of aliphatic hydroxyl groups excluding tert-OH is 1. The van der Waals surface area contributed by atoms with E-state index >= 15 is 0 Å². The summed E-state index contributed by atoms with van der Waals surface area (Å²) in [5.41, 5.74) is 1.02. The van der Waals surface area contributed by atoms with E-state index in [9.17, 15) is 18.3 Å². The summed E-state index contributed by atoms with van der Waals surface area (Å²) < 4.78 is 45.5. The van der Waals surface area contributed by atoms with Crippen LogP contribution in [0.4, 0.5) is 18.9 Å². The van der Waals surface area contributed by atoms with E-state index in [1.54, 1.807) is 12.1 Å². The van der Waals surface area contributed by atoms with Gasteiger partial charge in [-0.25, -0.2) is 0 Å². The molecular formula is C23H27F3N4O2. The summed E-state index contributed by atoms with van der Waals surface area (Å²) in [6.07, 6.45) is -2.86. The molecule has 4 rings (SSSR count). The molecule has 0 amide bonds.